The molecular weight excluding hydrogens is 271 g/mol. The highest BCUT2D eigenvalue weighted by Gasteiger charge is 2.14. The summed E-state index contributed by atoms with van der Waals surface area (Å²) in [5.41, 5.74) is 5.82. The number of rotatable bonds is 5. The zero-order chi connectivity index (χ0) is 15.2. The summed E-state index contributed by atoms with van der Waals surface area (Å²) in [5, 5.41) is 2.75. The molecule has 0 unspecified atom stereocenters. The molecule has 3 N–H and O–H groups in total. The van der Waals surface area contributed by atoms with Gasteiger partial charge in [-0.2, -0.15) is 0 Å². The van der Waals surface area contributed by atoms with Crippen molar-refractivity contribution in [3.63, 3.8) is 0 Å². The van der Waals surface area contributed by atoms with Crippen molar-refractivity contribution in [3.8, 4) is 0 Å². The van der Waals surface area contributed by atoms with Crippen LogP contribution < -0.4 is 11.1 Å². The first-order valence-corrected chi connectivity index (χ1v) is 7.30. The Morgan fingerprint density at radius 3 is 2.71 bits per heavy atom. The zero-order valence-electron chi connectivity index (χ0n) is 12.4. The third kappa shape index (κ3) is 4.68. The summed E-state index contributed by atoms with van der Waals surface area (Å²) in [6.07, 6.45) is 0.867. The molecule has 21 heavy (non-hydrogen) atoms. The number of nitrogens with two attached hydrogens (primary N) is 1. The van der Waals surface area contributed by atoms with Crippen LogP contribution in [0.4, 0.5) is 10.1 Å². The van der Waals surface area contributed by atoms with E-state index >= 15 is 0 Å². The highest BCUT2D eigenvalue weighted by Crippen LogP contribution is 2.11. The van der Waals surface area contributed by atoms with E-state index in [1.54, 1.807) is 0 Å². The van der Waals surface area contributed by atoms with Crippen molar-refractivity contribution in [3.05, 3.63) is 29.6 Å². The van der Waals surface area contributed by atoms with Crippen LogP contribution in [0.2, 0.25) is 0 Å². The topological polar surface area (TPSA) is 61.6 Å². The number of anilines is 1. The number of halogens is 1. The van der Waals surface area contributed by atoms with Crippen molar-refractivity contribution >= 4 is 11.6 Å². The molecule has 5 nitrogen and oxygen atoms in total. The first kappa shape index (κ1) is 15.7. The number of likely N-dealkylation sites (N-methyl/N-ethyl adjacent to an activating group) is 1. The Balaban J connectivity index is 1.69. The van der Waals surface area contributed by atoms with Gasteiger partial charge in [0.25, 0.3) is 5.91 Å². The lowest BCUT2D eigenvalue weighted by Gasteiger charge is -2.32. The number of piperazine rings is 1. The van der Waals surface area contributed by atoms with Gasteiger partial charge in [0, 0.05) is 38.4 Å². The Hall–Kier alpha value is -1.66. The number of hydrogen-bond acceptors (Lipinski definition) is 4. The van der Waals surface area contributed by atoms with Crippen LogP contribution in [0, 0.1) is 5.82 Å². The molecule has 1 amide bonds. The summed E-state index contributed by atoms with van der Waals surface area (Å²) in [6, 6.07) is 4.11. The van der Waals surface area contributed by atoms with E-state index in [4.69, 9.17) is 5.73 Å². The Bertz CT molecular complexity index is 487. The average molecular weight is 294 g/mol. The van der Waals surface area contributed by atoms with Gasteiger partial charge in [-0.25, -0.2) is 4.39 Å². The average Bonchev–Trinajstić information content (AvgIpc) is 2.45. The van der Waals surface area contributed by atoms with Gasteiger partial charge in [-0.15, -0.1) is 0 Å². The van der Waals surface area contributed by atoms with Gasteiger partial charge < -0.3 is 20.9 Å². The van der Waals surface area contributed by atoms with Crippen molar-refractivity contribution in [1.82, 2.24) is 15.1 Å². The number of hydrogen-bond donors (Lipinski definition) is 2. The van der Waals surface area contributed by atoms with Crippen LogP contribution in [0.3, 0.4) is 0 Å². The van der Waals surface area contributed by atoms with Gasteiger partial charge >= 0.3 is 0 Å². The first-order chi connectivity index (χ1) is 10.1. The maximum atomic E-state index is 13.6. The summed E-state index contributed by atoms with van der Waals surface area (Å²) in [4.78, 5) is 16.6. The van der Waals surface area contributed by atoms with Gasteiger partial charge in [0.1, 0.15) is 5.82 Å². The molecule has 0 spiro atoms. The van der Waals surface area contributed by atoms with E-state index in [1.807, 2.05) is 0 Å². The number of carbonyl (C=O) groups is 1. The molecule has 2 rings (SSSR count). The Morgan fingerprint density at radius 2 is 2.05 bits per heavy atom. The summed E-state index contributed by atoms with van der Waals surface area (Å²) in [5.74, 6) is -0.961. The van der Waals surface area contributed by atoms with Crippen LogP contribution in [-0.2, 0) is 0 Å². The summed E-state index contributed by atoms with van der Waals surface area (Å²) < 4.78 is 13.6. The first-order valence-electron chi connectivity index (χ1n) is 7.30. The fraction of sp³-hybridized carbons (Fsp3) is 0.533. The number of amides is 1. The van der Waals surface area contributed by atoms with Gasteiger partial charge in [-0.3, -0.25) is 4.79 Å². The molecule has 0 aromatic heterocycles. The molecular formula is C15H23FN4O. The molecule has 0 atom stereocenters. The summed E-state index contributed by atoms with van der Waals surface area (Å²) >= 11 is 0. The number of nitrogens with one attached hydrogen (secondary N) is 1. The van der Waals surface area contributed by atoms with Gasteiger partial charge in [-0.1, -0.05) is 0 Å². The quantitative estimate of drug-likeness (QED) is 0.622. The minimum atomic E-state index is -0.577. The van der Waals surface area contributed by atoms with E-state index in [0.717, 1.165) is 39.1 Å². The van der Waals surface area contributed by atoms with Gasteiger partial charge in [-0.05, 0) is 38.2 Å². The van der Waals surface area contributed by atoms with Gasteiger partial charge in [0.05, 0.1) is 5.56 Å². The Labute approximate surface area is 124 Å². The van der Waals surface area contributed by atoms with Crippen molar-refractivity contribution < 1.29 is 9.18 Å². The maximum absolute atomic E-state index is 13.6. The fourth-order valence-corrected chi connectivity index (χ4v) is 2.39. The second-order valence-corrected chi connectivity index (χ2v) is 5.49. The van der Waals surface area contributed by atoms with E-state index in [2.05, 4.69) is 22.2 Å². The highest BCUT2D eigenvalue weighted by molar-refractivity contribution is 5.94. The third-order valence-corrected chi connectivity index (χ3v) is 3.77. The van der Waals surface area contributed by atoms with Crippen LogP contribution in [0.1, 0.15) is 16.8 Å². The zero-order valence-corrected chi connectivity index (χ0v) is 12.4. The van der Waals surface area contributed by atoms with E-state index in [1.165, 1.54) is 18.2 Å². The fourth-order valence-electron chi connectivity index (χ4n) is 2.39. The van der Waals surface area contributed by atoms with Gasteiger partial charge in [0.2, 0.25) is 0 Å². The number of carbonyl (C=O) groups excluding carboxylic acids is 1. The second kappa shape index (κ2) is 7.38. The number of benzene rings is 1. The highest BCUT2D eigenvalue weighted by atomic mass is 19.1. The normalized spacial score (nSPS) is 16.9. The summed E-state index contributed by atoms with van der Waals surface area (Å²) in [7, 11) is 2.12. The molecule has 1 fully saturated rings. The largest absolute Gasteiger partial charge is 0.399 e. The standard InChI is InChI=1S/C15H23FN4O/c1-19-7-9-20(10-8-19)6-2-5-18-15(21)13-4-3-12(17)11-14(13)16/h3-4,11H,2,5-10,17H2,1H3,(H,18,21). The SMILES string of the molecule is CN1CCN(CCCNC(=O)c2ccc(N)cc2F)CC1. The number of nitrogens with zero attached hydrogens (tertiary/aromatic N) is 2. The van der Waals surface area contributed by atoms with Crippen LogP contribution in [0.5, 0.6) is 0 Å². The molecule has 1 aliphatic heterocycles. The third-order valence-electron chi connectivity index (χ3n) is 3.77. The molecule has 0 bridgehead atoms. The molecule has 1 aromatic carbocycles. The van der Waals surface area contributed by atoms with Crippen molar-refractivity contribution in [2.24, 2.45) is 0 Å². The molecule has 1 aliphatic rings. The van der Waals surface area contributed by atoms with Crippen LogP contribution in [0.15, 0.2) is 18.2 Å². The number of nitrogen functional groups attached to an aromatic ring is 1. The molecule has 0 saturated carbocycles. The Kier molecular flexibility index (Phi) is 5.52. The molecule has 116 valence electrons. The predicted octanol–water partition coefficient (Wildman–Crippen LogP) is 0.775. The lowest BCUT2D eigenvalue weighted by Crippen LogP contribution is -2.45. The van der Waals surface area contributed by atoms with E-state index < -0.39 is 5.82 Å². The van der Waals surface area contributed by atoms with Crippen LogP contribution in [-0.4, -0.2) is 62.0 Å². The minimum Gasteiger partial charge on any atom is -0.399 e. The van der Waals surface area contributed by atoms with Crippen LogP contribution >= 0.6 is 0 Å². The van der Waals surface area contributed by atoms with Crippen molar-refractivity contribution in [2.45, 2.75) is 6.42 Å². The molecule has 0 aliphatic carbocycles. The van der Waals surface area contributed by atoms with E-state index in [-0.39, 0.29) is 11.5 Å². The minimum absolute atomic E-state index is 0.0452. The Morgan fingerprint density at radius 1 is 1.33 bits per heavy atom. The molecule has 1 heterocycles. The predicted molar refractivity (Wildman–Crippen MR) is 81.7 cm³/mol. The maximum Gasteiger partial charge on any atom is 0.254 e. The molecule has 6 heteroatoms. The molecule has 1 saturated heterocycles. The smallest absolute Gasteiger partial charge is 0.254 e. The second-order valence-electron chi connectivity index (χ2n) is 5.49. The van der Waals surface area contributed by atoms with E-state index in [9.17, 15) is 9.18 Å². The molecule has 1 aromatic rings. The lowest BCUT2D eigenvalue weighted by molar-refractivity contribution is 0.0945. The van der Waals surface area contributed by atoms with Crippen molar-refractivity contribution in [1.29, 1.82) is 0 Å². The van der Waals surface area contributed by atoms with Crippen molar-refractivity contribution in [2.75, 3.05) is 52.0 Å². The monoisotopic (exact) mass is 294 g/mol. The van der Waals surface area contributed by atoms with Gasteiger partial charge in [0.15, 0.2) is 0 Å². The molecule has 0 radical (unpaired) electrons. The summed E-state index contributed by atoms with van der Waals surface area (Å²) in [6.45, 7) is 5.81. The lowest BCUT2D eigenvalue weighted by atomic mass is 10.2. The van der Waals surface area contributed by atoms with Crippen LogP contribution in [0.25, 0.3) is 0 Å². The van der Waals surface area contributed by atoms with E-state index in [0.29, 0.717) is 12.2 Å².